The van der Waals surface area contributed by atoms with Gasteiger partial charge in [0.05, 0.1) is 15.8 Å². The number of esters is 1. The molecule has 4 heterocycles. The quantitative estimate of drug-likeness (QED) is 0.226. The van der Waals surface area contributed by atoms with E-state index in [0.717, 1.165) is 40.2 Å². The number of hydrogen-bond donors (Lipinski definition) is 0. The van der Waals surface area contributed by atoms with Gasteiger partial charge < -0.3 is 9.47 Å². The minimum absolute atomic E-state index is 0.136. The highest BCUT2D eigenvalue weighted by Gasteiger charge is 2.21. The Morgan fingerprint density at radius 3 is 2.68 bits per heavy atom. The molecule has 1 atom stereocenters. The maximum atomic E-state index is 13.5. The number of thiazole rings is 1. The first-order chi connectivity index (χ1) is 19.9. The molecule has 0 saturated heterocycles. The fraction of sp³-hybridized carbons (Fsp3) is 0.129. The summed E-state index contributed by atoms with van der Waals surface area (Å²) in [5, 5.41) is 9.37. The molecule has 7 rings (SSSR count). The second-order valence-corrected chi connectivity index (χ2v) is 10.8. The van der Waals surface area contributed by atoms with Crippen LogP contribution in [0.1, 0.15) is 25.0 Å². The molecule has 6 aromatic rings. The summed E-state index contributed by atoms with van der Waals surface area (Å²) in [6.45, 7) is 3.39. The van der Waals surface area contributed by atoms with Gasteiger partial charge >= 0.3 is 5.97 Å². The van der Waals surface area contributed by atoms with Crippen LogP contribution < -0.4 is 19.6 Å². The summed E-state index contributed by atoms with van der Waals surface area (Å²) >= 11 is 1.24. The highest BCUT2D eigenvalue weighted by molar-refractivity contribution is 7.15. The van der Waals surface area contributed by atoms with Crippen LogP contribution in [0.2, 0.25) is 0 Å². The monoisotopic (exact) mass is 561 g/mol. The predicted molar refractivity (Wildman–Crippen MR) is 155 cm³/mol. The van der Waals surface area contributed by atoms with Crippen LogP contribution in [0.25, 0.3) is 39.4 Å². The number of aromatic nitrogens is 5. The lowest BCUT2D eigenvalue weighted by molar-refractivity contribution is -0.131. The fourth-order valence-electron chi connectivity index (χ4n) is 4.98. The van der Waals surface area contributed by atoms with E-state index in [1.165, 1.54) is 22.8 Å². The van der Waals surface area contributed by atoms with Gasteiger partial charge in [0.1, 0.15) is 23.3 Å². The number of rotatable bonds is 5. The maximum absolute atomic E-state index is 13.5. The standard InChI is InChI=1S/C31H23N5O4S/c1-18-14-21-15-20(12-13-25(21)39-18)28-22(17-35(33-28)23-8-4-3-5-9-23)16-27-30(38)36-31(41-27)32-29(34-36)24-10-6-7-11-26(24)40-19(2)37/h3-13,15-18H,14H2,1-2H3. The van der Waals surface area contributed by atoms with Gasteiger partial charge in [0, 0.05) is 30.7 Å². The van der Waals surface area contributed by atoms with Crippen LogP contribution in [-0.4, -0.2) is 36.5 Å². The van der Waals surface area contributed by atoms with Crippen LogP contribution in [0.4, 0.5) is 0 Å². The van der Waals surface area contributed by atoms with Crippen LogP contribution in [0, 0.1) is 0 Å². The van der Waals surface area contributed by atoms with Gasteiger partial charge in [-0.3, -0.25) is 9.59 Å². The van der Waals surface area contributed by atoms with E-state index in [1.54, 1.807) is 24.3 Å². The number of hydrogen-bond acceptors (Lipinski definition) is 8. The van der Waals surface area contributed by atoms with Gasteiger partial charge in [-0.15, -0.1) is 5.10 Å². The fourth-order valence-corrected chi connectivity index (χ4v) is 5.88. The topological polar surface area (TPSA) is 101 Å². The molecular weight excluding hydrogens is 538 g/mol. The molecule has 0 bridgehead atoms. The maximum Gasteiger partial charge on any atom is 0.308 e. The average molecular weight is 562 g/mol. The molecule has 0 spiro atoms. The lowest BCUT2D eigenvalue weighted by atomic mass is 10.0. The van der Waals surface area contributed by atoms with Gasteiger partial charge in [0.25, 0.3) is 5.56 Å². The summed E-state index contributed by atoms with van der Waals surface area (Å²) in [5.41, 5.74) is 4.79. The molecule has 202 valence electrons. The molecule has 9 nitrogen and oxygen atoms in total. The van der Waals surface area contributed by atoms with Gasteiger partial charge in [-0.05, 0) is 61.0 Å². The van der Waals surface area contributed by atoms with Crippen molar-refractivity contribution >= 4 is 28.3 Å². The average Bonchev–Trinajstić information content (AvgIpc) is 3.73. The Morgan fingerprint density at radius 1 is 1.07 bits per heavy atom. The lowest BCUT2D eigenvalue weighted by Crippen LogP contribution is -2.23. The van der Waals surface area contributed by atoms with Crippen molar-refractivity contribution in [1.29, 1.82) is 0 Å². The Morgan fingerprint density at radius 2 is 1.88 bits per heavy atom. The van der Waals surface area contributed by atoms with Crippen LogP contribution in [0.15, 0.2) is 83.8 Å². The Kier molecular flexibility index (Phi) is 5.97. The summed E-state index contributed by atoms with van der Waals surface area (Å²) in [7, 11) is 0. The lowest BCUT2D eigenvalue weighted by Gasteiger charge is -2.04. The Labute approximate surface area is 237 Å². The molecule has 1 aliphatic heterocycles. The second-order valence-electron chi connectivity index (χ2n) is 9.80. The third-order valence-corrected chi connectivity index (χ3v) is 7.74. The molecule has 10 heteroatoms. The number of para-hydroxylation sites is 2. The molecule has 0 saturated carbocycles. The molecular formula is C31H23N5O4S. The van der Waals surface area contributed by atoms with E-state index < -0.39 is 5.97 Å². The van der Waals surface area contributed by atoms with Gasteiger partial charge in [-0.25, -0.2) is 4.68 Å². The second kappa shape index (κ2) is 9.83. The van der Waals surface area contributed by atoms with Crippen molar-refractivity contribution in [2.24, 2.45) is 0 Å². The van der Waals surface area contributed by atoms with Crippen LogP contribution in [0.5, 0.6) is 11.5 Å². The zero-order valence-electron chi connectivity index (χ0n) is 22.1. The zero-order chi connectivity index (χ0) is 28.1. The Balaban J connectivity index is 1.34. The summed E-state index contributed by atoms with van der Waals surface area (Å²) in [6, 6.07) is 22.9. The third kappa shape index (κ3) is 4.57. The van der Waals surface area contributed by atoms with Crippen LogP contribution in [-0.2, 0) is 11.2 Å². The van der Waals surface area contributed by atoms with Crippen molar-refractivity contribution in [3.8, 4) is 39.8 Å². The van der Waals surface area contributed by atoms with Gasteiger partial charge in [-0.2, -0.15) is 14.6 Å². The molecule has 0 fully saturated rings. The van der Waals surface area contributed by atoms with Crippen LogP contribution >= 0.6 is 11.3 Å². The minimum atomic E-state index is -0.447. The molecule has 0 aliphatic carbocycles. The number of fused-ring (bicyclic) bond motifs is 2. The van der Waals surface area contributed by atoms with Crippen molar-refractivity contribution in [2.75, 3.05) is 0 Å². The van der Waals surface area contributed by atoms with Crippen molar-refractivity contribution < 1.29 is 14.3 Å². The SMILES string of the molecule is CC(=O)Oc1ccccc1-c1nc2sc(=Cc3cn(-c4ccccc4)nc3-c3ccc4c(c3)CC(C)O4)c(=O)n2n1. The van der Waals surface area contributed by atoms with Gasteiger partial charge in [0.15, 0.2) is 5.82 Å². The first-order valence-corrected chi connectivity index (χ1v) is 13.9. The Bertz CT molecular complexity index is 2060. The van der Waals surface area contributed by atoms with E-state index in [2.05, 4.69) is 23.1 Å². The zero-order valence-corrected chi connectivity index (χ0v) is 23.0. The molecule has 3 aromatic carbocycles. The number of benzene rings is 3. The molecule has 41 heavy (non-hydrogen) atoms. The minimum Gasteiger partial charge on any atom is -0.490 e. The molecule has 1 unspecified atom stereocenters. The van der Waals surface area contributed by atoms with Crippen molar-refractivity contribution in [2.45, 2.75) is 26.4 Å². The number of ether oxygens (including phenoxy) is 2. The van der Waals surface area contributed by atoms with Crippen molar-refractivity contribution in [1.82, 2.24) is 24.4 Å². The van der Waals surface area contributed by atoms with Crippen molar-refractivity contribution in [3.05, 3.63) is 105 Å². The normalized spacial score (nSPS) is 14.8. The smallest absolute Gasteiger partial charge is 0.308 e. The number of nitrogens with zero attached hydrogens (tertiary/aromatic N) is 5. The molecule has 1 aliphatic rings. The summed E-state index contributed by atoms with van der Waals surface area (Å²) in [4.78, 5) is 30.0. The van der Waals surface area contributed by atoms with Gasteiger partial charge in [0.2, 0.25) is 4.96 Å². The molecule has 3 aromatic heterocycles. The largest absolute Gasteiger partial charge is 0.490 e. The highest BCUT2D eigenvalue weighted by atomic mass is 32.1. The molecule has 0 radical (unpaired) electrons. The van der Waals surface area contributed by atoms with E-state index in [9.17, 15) is 9.59 Å². The first-order valence-electron chi connectivity index (χ1n) is 13.1. The number of carbonyl (C=O) groups is 1. The highest BCUT2D eigenvalue weighted by Crippen LogP contribution is 2.34. The summed E-state index contributed by atoms with van der Waals surface area (Å²) in [6.07, 6.45) is 4.73. The van der Waals surface area contributed by atoms with Crippen LogP contribution in [0.3, 0.4) is 0 Å². The predicted octanol–water partition coefficient (Wildman–Crippen LogP) is 4.47. The van der Waals surface area contributed by atoms with E-state index in [-0.39, 0.29) is 11.7 Å². The number of carbonyl (C=O) groups excluding carboxylic acids is 1. The molecule has 0 amide bonds. The van der Waals surface area contributed by atoms with E-state index in [4.69, 9.17) is 14.6 Å². The van der Waals surface area contributed by atoms with E-state index in [0.29, 0.717) is 26.6 Å². The van der Waals surface area contributed by atoms with Gasteiger partial charge in [-0.1, -0.05) is 41.7 Å². The molecule has 0 N–H and O–H groups in total. The third-order valence-electron chi connectivity index (χ3n) is 6.78. The first kappa shape index (κ1) is 24.9. The summed E-state index contributed by atoms with van der Waals surface area (Å²) < 4.78 is 14.8. The van der Waals surface area contributed by atoms with E-state index in [1.807, 2.05) is 59.4 Å². The summed E-state index contributed by atoms with van der Waals surface area (Å²) in [5.74, 6) is 1.10. The Hall–Kier alpha value is -5.09. The van der Waals surface area contributed by atoms with Crippen molar-refractivity contribution in [3.63, 3.8) is 0 Å². The van der Waals surface area contributed by atoms with E-state index >= 15 is 0 Å².